The molecule has 0 aliphatic rings. The lowest BCUT2D eigenvalue weighted by Gasteiger charge is -2.10. The molecule has 0 amide bonds. The van der Waals surface area contributed by atoms with Gasteiger partial charge in [-0.3, -0.25) is 0 Å². The smallest absolute Gasteiger partial charge is 0.120 e. The Kier molecular flexibility index (Phi) is 5.82. The van der Waals surface area contributed by atoms with Crippen LogP contribution in [-0.2, 0) is 13.2 Å². The molecule has 0 saturated carbocycles. The van der Waals surface area contributed by atoms with Crippen molar-refractivity contribution >= 4 is 0 Å². The summed E-state index contributed by atoms with van der Waals surface area (Å²) >= 11 is 0. The fourth-order valence-electron chi connectivity index (χ4n) is 2.15. The van der Waals surface area contributed by atoms with Crippen molar-refractivity contribution in [1.29, 1.82) is 0 Å². The molecule has 2 nitrogen and oxygen atoms in total. The maximum absolute atomic E-state index is 5.89. The molecule has 0 bridgehead atoms. The van der Waals surface area contributed by atoms with Crippen molar-refractivity contribution in [3.8, 4) is 5.75 Å². The summed E-state index contributed by atoms with van der Waals surface area (Å²) in [6.07, 6.45) is 0. The van der Waals surface area contributed by atoms with Gasteiger partial charge in [0.25, 0.3) is 0 Å². The molecule has 0 heterocycles. The highest BCUT2D eigenvalue weighted by Crippen LogP contribution is 2.21. The lowest BCUT2D eigenvalue weighted by molar-refractivity contribution is 0.306. The van der Waals surface area contributed by atoms with E-state index in [0.717, 1.165) is 18.8 Å². The molecule has 0 aromatic heterocycles. The summed E-state index contributed by atoms with van der Waals surface area (Å²) in [4.78, 5) is 0. The molecule has 2 aromatic carbocycles. The minimum atomic E-state index is 0.527. The Morgan fingerprint density at radius 3 is 2.38 bits per heavy atom. The van der Waals surface area contributed by atoms with Crippen molar-refractivity contribution in [3.05, 3.63) is 65.2 Å². The number of nitrogens with one attached hydrogen (secondary N) is 1. The maximum Gasteiger partial charge on any atom is 0.120 e. The van der Waals surface area contributed by atoms with Crippen LogP contribution in [0.15, 0.2) is 48.5 Å². The first-order valence-electron chi connectivity index (χ1n) is 7.70. The SMILES string of the molecule is CCNCc1ccc(COc2cccc(C(C)C)c2)cc1. The first-order valence-corrected chi connectivity index (χ1v) is 7.70. The van der Waals surface area contributed by atoms with Crippen LogP contribution >= 0.6 is 0 Å². The molecule has 0 aliphatic carbocycles. The van der Waals surface area contributed by atoms with Crippen LogP contribution in [0.25, 0.3) is 0 Å². The fourth-order valence-corrected chi connectivity index (χ4v) is 2.15. The van der Waals surface area contributed by atoms with Gasteiger partial charge < -0.3 is 10.1 Å². The number of hydrogen-bond donors (Lipinski definition) is 1. The third-order valence-electron chi connectivity index (χ3n) is 3.53. The van der Waals surface area contributed by atoms with Crippen molar-refractivity contribution < 1.29 is 4.74 Å². The highest BCUT2D eigenvalue weighted by Gasteiger charge is 2.01. The van der Waals surface area contributed by atoms with Crippen molar-refractivity contribution in [3.63, 3.8) is 0 Å². The Bertz CT molecular complexity index is 546. The summed E-state index contributed by atoms with van der Waals surface area (Å²) in [7, 11) is 0. The van der Waals surface area contributed by atoms with Gasteiger partial charge in [0, 0.05) is 6.54 Å². The van der Waals surface area contributed by atoms with E-state index in [2.05, 4.69) is 68.6 Å². The Morgan fingerprint density at radius 2 is 1.71 bits per heavy atom. The topological polar surface area (TPSA) is 21.3 Å². The predicted molar refractivity (Wildman–Crippen MR) is 88.7 cm³/mol. The molecule has 21 heavy (non-hydrogen) atoms. The zero-order valence-corrected chi connectivity index (χ0v) is 13.2. The largest absolute Gasteiger partial charge is 0.489 e. The van der Waals surface area contributed by atoms with Gasteiger partial charge in [0.2, 0.25) is 0 Å². The summed E-state index contributed by atoms with van der Waals surface area (Å²) in [6, 6.07) is 16.9. The van der Waals surface area contributed by atoms with Gasteiger partial charge in [-0.25, -0.2) is 0 Å². The van der Waals surface area contributed by atoms with Crippen LogP contribution in [0.5, 0.6) is 5.75 Å². The van der Waals surface area contributed by atoms with E-state index in [1.807, 2.05) is 6.07 Å². The zero-order valence-electron chi connectivity index (χ0n) is 13.2. The van der Waals surface area contributed by atoms with Gasteiger partial charge in [0.1, 0.15) is 12.4 Å². The quantitative estimate of drug-likeness (QED) is 0.808. The number of ether oxygens (including phenoxy) is 1. The van der Waals surface area contributed by atoms with Gasteiger partial charge in [-0.15, -0.1) is 0 Å². The first-order chi connectivity index (χ1) is 10.2. The molecule has 2 heteroatoms. The van der Waals surface area contributed by atoms with Crippen molar-refractivity contribution in [1.82, 2.24) is 5.32 Å². The summed E-state index contributed by atoms with van der Waals surface area (Å²) in [5.74, 6) is 1.47. The summed E-state index contributed by atoms with van der Waals surface area (Å²) in [5.41, 5.74) is 3.82. The van der Waals surface area contributed by atoms with Crippen LogP contribution in [0.1, 0.15) is 43.4 Å². The first kappa shape index (κ1) is 15.6. The lowest BCUT2D eigenvalue weighted by Crippen LogP contribution is -2.11. The summed E-state index contributed by atoms with van der Waals surface area (Å²) < 4.78 is 5.89. The average molecular weight is 283 g/mol. The molecular weight excluding hydrogens is 258 g/mol. The fraction of sp³-hybridized carbons (Fsp3) is 0.368. The number of rotatable bonds is 7. The van der Waals surface area contributed by atoms with E-state index < -0.39 is 0 Å². The second-order valence-corrected chi connectivity index (χ2v) is 5.61. The third kappa shape index (κ3) is 4.91. The number of hydrogen-bond acceptors (Lipinski definition) is 2. The van der Waals surface area contributed by atoms with E-state index in [0.29, 0.717) is 12.5 Å². The molecule has 2 rings (SSSR count). The van der Waals surface area contributed by atoms with Gasteiger partial charge in [-0.1, -0.05) is 57.2 Å². The van der Waals surface area contributed by atoms with Crippen LogP contribution in [0.2, 0.25) is 0 Å². The lowest BCUT2D eigenvalue weighted by atomic mass is 10.0. The molecule has 0 saturated heterocycles. The predicted octanol–water partition coefficient (Wildman–Crippen LogP) is 4.50. The van der Waals surface area contributed by atoms with Crippen LogP contribution in [-0.4, -0.2) is 6.54 Å². The molecule has 112 valence electrons. The Labute approximate surface area is 128 Å². The Hall–Kier alpha value is -1.80. The summed E-state index contributed by atoms with van der Waals surface area (Å²) in [5, 5.41) is 3.33. The Balaban J connectivity index is 1.92. The highest BCUT2D eigenvalue weighted by molar-refractivity contribution is 5.31. The standard InChI is InChI=1S/C19H25NO/c1-4-20-13-16-8-10-17(11-9-16)14-21-19-7-5-6-18(12-19)15(2)3/h5-12,15,20H,4,13-14H2,1-3H3. The molecule has 1 N–H and O–H groups in total. The molecule has 0 fully saturated rings. The molecule has 0 atom stereocenters. The van der Waals surface area contributed by atoms with E-state index in [4.69, 9.17) is 4.74 Å². The van der Waals surface area contributed by atoms with Gasteiger partial charge in [0.05, 0.1) is 0 Å². The molecular formula is C19H25NO. The van der Waals surface area contributed by atoms with E-state index in [1.165, 1.54) is 16.7 Å². The van der Waals surface area contributed by atoms with Gasteiger partial charge >= 0.3 is 0 Å². The normalized spacial score (nSPS) is 10.9. The minimum absolute atomic E-state index is 0.527. The van der Waals surface area contributed by atoms with Crippen LogP contribution in [0, 0.1) is 0 Å². The van der Waals surface area contributed by atoms with Crippen molar-refractivity contribution in [2.75, 3.05) is 6.54 Å². The monoisotopic (exact) mass is 283 g/mol. The minimum Gasteiger partial charge on any atom is -0.489 e. The van der Waals surface area contributed by atoms with Crippen LogP contribution in [0.4, 0.5) is 0 Å². The zero-order chi connectivity index (χ0) is 15.1. The maximum atomic E-state index is 5.89. The Morgan fingerprint density at radius 1 is 1.00 bits per heavy atom. The highest BCUT2D eigenvalue weighted by atomic mass is 16.5. The molecule has 0 unspecified atom stereocenters. The second kappa shape index (κ2) is 7.84. The molecule has 2 aromatic rings. The van der Waals surface area contributed by atoms with E-state index in [-0.39, 0.29) is 0 Å². The molecule has 0 radical (unpaired) electrons. The molecule has 0 aliphatic heterocycles. The number of benzene rings is 2. The molecule has 0 spiro atoms. The summed E-state index contributed by atoms with van der Waals surface area (Å²) in [6.45, 7) is 9.05. The van der Waals surface area contributed by atoms with Crippen LogP contribution < -0.4 is 10.1 Å². The van der Waals surface area contributed by atoms with Crippen molar-refractivity contribution in [2.24, 2.45) is 0 Å². The van der Waals surface area contributed by atoms with E-state index in [9.17, 15) is 0 Å². The van der Waals surface area contributed by atoms with Gasteiger partial charge in [-0.05, 0) is 41.3 Å². The second-order valence-electron chi connectivity index (χ2n) is 5.61. The van der Waals surface area contributed by atoms with Gasteiger partial charge in [-0.2, -0.15) is 0 Å². The average Bonchev–Trinajstić information content (AvgIpc) is 2.52. The third-order valence-corrected chi connectivity index (χ3v) is 3.53. The van der Waals surface area contributed by atoms with Gasteiger partial charge in [0.15, 0.2) is 0 Å². The van der Waals surface area contributed by atoms with E-state index in [1.54, 1.807) is 0 Å². The van der Waals surface area contributed by atoms with Crippen LogP contribution in [0.3, 0.4) is 0 Å². The van der Waals surface area contributed by atoms with Crippen molar-refractivity contribution in [2.45, 2.75) is 39.8 Å². The van der Waals surface area contributed by atoms with E-state index >= 15 is 0 Å².